The van der Waals surface area contributed by atoms with E-state index in [9.17, 15) is 4.79 Å². The number of benzene rings is 1. The second-order valence-corrected chi connectivity index (χ2v) is 2.08. The van der Waals surface area contributed by atoms with Gasteiger partial charge in [0, 0.05) is 6.42 Å². The zero-order valence-electron chi connectivity index (χ0n) is 7.49. The molecule has 0 saturated heterocycles. The lowest BCUT2D eigenvalue weighted by molar-refractivity contribution is -0.140. The second-order valence-electron chi connectivity index (χ2n) is 2.08. The van der Waals surface area contributed by atoms with Gasteiger partial charge in [-0.3, -0.25) is 4.79 Å². The molecule has 0 heterocycles. The summed E-state index contributed by atoms with van der Waals surface area (Å²) in [7, 11) is 1.38. The lowest BCUT2D eigenvalue weighted by Crippen LogP contribution is -1.94. The fraction of sp³-hybridized carbons (Fsp3) is 0.300. The predicted octanol–water partition coefficient (Wildman–Crippen LogP) is 2.26. The van der Waals surface area contributed by atoms with Gasteiger partial charge in [-0.2, -0.15) is 0 Å². The van der Waals surface area contributed by atoms with Crippen LogP contribution in [0.2, 0.25) is 0 Å². The Morgan fingerprint density at radius 1 is 1.08 bits per heavy atom. The molecule has 0 spiro atoms. The highest BCUT2D eigenvalue weighted by atomic mass is 16.5. The molecule has 0 N–H and O–H groups in total. The van der Waals surface area contributed by atoms with Crippen LogP contribution in [0.1, 0.15) is 13.3 Å². The Balaban J connectivity index is 0.000000202. The van der Waals surface area contributed by atoms with Crippen LogP contribution in [0.5, 0.6) is 0 Å². The highest BCUT2D eigenvalue weighted by Gasteiger charge is 1.87. The summed E-state index contributed by atoms with van der Waals surface area (Å²) in [6.07, 6.45) is 0.469. The third kappa shape index (κ3) is 6.81. The second kappa shape index (κ2) is 7.79. The summed E-state index contributed by atoms with van der Waals surface area (Å²) in [6.45, 7) is 1.76. The number of methoxy groups -OCH3 is 1. The molecule has 0 aliphatic heterocycles. The van der Waals surface area contributed by atoms with Gasteiger partial charge in [-0.05, 0) is 0 Å². The fourth-order valence-corrected chi connectivity index (χ4v) is 0.529. The topological polar surface area (TPSA) is 26.3 Å². The van der Waals surface area contributed by atoms with Gasteiger partial charge in [0.2, 0.25) is 0 Å². The van der Waals surface area contributed by atoms with E-state index in [-0.39, 0.29) is 5.97 Å². The summed E-state index contributed by atoms with van der Waals surface area (Å²) < 4.78 is 4.26. The van der Waals surface area contributed by atoms with Crippen molar-refractivity contribution in [3.8, 4) is 0 Å². The van der Waals surface area contributed by atoms with Crippen LogP contribution >= 0.6 is 0 Å². The van der Waals surface area contributed by atoms with Gasteiger partial charge < -0.3 is 4.74 Å². The Kier molecular flexibility index (Phi) is 6.94. The first-order chi connectivity index (χ1) is 5.81. The molecule has 0 amide bonds. The van der Waals surface area contributed by atoms with Gasteiger partial charge in [0.1, 0.15) is 0 Å². The van der Waals surface area contributed by atoms with Crippen molar-refractivity contribution in [1.82, 2.24) is 0 Å². The minimum absolute atomic E-state index is 0.157. The number of carbonyl (C=O) groups is 1. The standard InChI is InChI=1S/C6H6.C4H8O2/c1-2-4-6-5-3-1;1-3-4(5)6-2/h1-6H;3H2,1-2H3. The molecule has 2 nitrogen and oxygen atoms in total. The summed E-state index contributed by atoms with van der Waals surface area (Å²) >= 11 is 0. The van der Waals surface area contributed by atoms with Crippen LogP contribution in [-0.2, 0) is 9.53 Å². The number of carbonyl (C=O) groups excluding carboxylic acids is 1. The highest BCUT2D eigenvalue weighted by molar-refractivity contribution is 5.68. The van der Waals surface area contributed by atoms with Crippen LogP contribution in [0.15, 0.2) is 36.4 Å². The number of hydrogen-bond donors (Lipinski definition) is 0. The van der Waals surface area contributed by atoms with E-state index in [2.05, 4.69) is 4.74 Å². The van der Waals surface area contributed by atoms with Crippen molar-refractivity contribution in [2.45, 2.75) is 13.3 Å². The maximum absolute atomic E-state index is 9.96. The molecule has 0 aromatic heterocycles. The minimum atomic E-state index is -0.157. The van der Waals surface area contributed by atoms with Crippen molar-refractivity contribution in [2.24, 2.45) is 0 Å². The van der Waals surface area contributed by atoms with Crippen LogP contribution in [0.4, 0.5) is 0 Å². The van der Waals surface area contributed by atoms with Crippen LogP contribution in [0.25, 0.3) is 0 Å². The summed E-state index contributed by atoms with van der Waals surface area (Å²) in [5, 5.41) is 0. The van der Waals surface area contributed by atoms with Gasteiger partial charge in [-0.25, -0.2) is 0 Å². The molecule has 0 saturated carbocycles. The molecule has 1 aromatic rings. The number of ether oxygens (including phenoxy) is 1. The molecule has 0 aliphatic rings. The van der Waals surface area contributed by atoms with E-state index in [4.69, 9.17) is 0 Å². The van der Waals surface area contributed by atoms with Gasteiger partial charge in [-0.15, -0.1) is 0 Å². The third-order valence-electron chi connectivity index (χ3n) is 1.18. The predicted molar refractivity (Wildman–Crippen MR) is 48.7 cm³/mol. The normalized spacial score (nSPS) is 7.83. The molecule has 0 atom stereocenters. The Labute approximate surface area is 73.2 Å². The Morgan fingerprint density at radius 2 is 1.42 bits per heavy atom. The summed E-state index contributed by atoms with van der Waals surface area (Å²) in [5.41, 5.74) is 0. The van der Waals surface area contributed by atoms with E-state index < -0.39 is 0 Å². The van der Waals surface area contributed by atoms with Crippen molar-refractivity contribution >= 4 is 5.97 Å². The molecular weight excluding hydrogens is 152 g/mol. The van der Waals surface area contributed by atoms with E-state index in [1.807, 2.05) is 36.4 Å². The summed E-state index contributed by atoms with van der Waals surface area (Å²) in [6, 6.07) is 12.0. The Hall–Kier alpha value is -1.31. The van der Waals surface area contributed by atoms with E-state index in [0.29, 0.717) is 6.42 Å². The highest BCUT2D eigenvalue weighted by Crippen LogP contribution is 1.79. The Bertz CT molecular complexity index is 162. The zero-order valence-corrected chi connectivity index (χ0v) is 7.49. The first-order valence-electron chi connectivity index (χ1n) is 3.88. The smallest absolute Gasteiger partial charge is 0.305 e. The molecule has 0 aliphatic carbocycles. The maximum Gasteiger partial charge on any atom is 0.305 e. The average molecular weight is 166 g/mol. The van der Waals surface area contributed by atoms with Gasteiger partial charge in [0.15, 0.2) is 0 Å². The molecule has 1 aromatic carbocycles. The lowest BCUT2D eigenvalue weighted by atomic mass is 10.4. The fourth-order valence-electron chi connectivity index (χ4n) is 0.529. The van der Waals surface area contributed by atoms with E-state index in [0.717, 1.165) is 0 Å². The number of rotatable bonds is 1. The molecule has 0 radical (unpaired) electrons. The van der Waals surface area contributed by atoms with Crippen LogP contribution in [0, 0.1) is 0 Å². The van der Waals surface area contributed by atoms with Gasteiger partial charge >= 0.3 is 5.97 Å². The third-order valence-corrected chi connectivity index (χ3v) is 1.18. The first kappa shape index (κ1) is 10.7. The Morgan fingerprint density at radius 3 is 1.50 bits per heavy atom. The molecular formula is C10H14O2. The monoisotopic (exact) mass is 166 g/mol. The molecule has 2 heteroatoms. The van der Waals surface area contributed by atoms with Crippen LogP contribution in [0.3, 0.4) is 0 Å². The van der Waals surface area contributed by atoms with E-state index in [1.54, 1.807) is 6.92 Å². The van der Waals surface area contributed by atoms with Crippen LogP contribution in [-0.4, -0.2) is 13.1 Å². The molecule has 1 rings (SSSR count). The first-order valence-corrected chi connectivity index (χ1v) is 3.88. The molecule has 12 heavy (non-hydrogen) atoms. The zero-order chi connectivity index (χ0) is 9.23. The van der Waals surface area contributed by atoms with Crippen molar-refractivity contribution < 1.29 is 9.53 Å². The van der Waals surface area contributed by atoms with Crippen molar-refractivity contribution in [3.63, 3.8) is 0 Å². The number of hydrogen-bond acceptors (Lipinski definition) is 2. The van der Waals surface area contributed by atoms with Crippen molar-refractivity contribution in [1.29, 1.82) is 0 Å². The lowest BCUT2D eigenvalue weighted by Gasteiger charge is -1.87. The van der Waals surface area contributed by atoms with Crippen LogP contribution < -0.4 is 0 Å². The molecule has 0 fully saturated rings. The SMILES string of the molecule is CCC(=O)OC.c1ccccc1. The van der Waals surface area contributed by atoms with Crippen molar-refractivity contribution in [3.05, 3.63) is 36.4 Å². The maximum atomic E-state index is 9.96. The van der Waals surface area contributed by atoms with Gasteiger partial charge in [0.05, 0.1) is 7.11 Å². The largest absolute Gasteiger partial charge is 0.469 e. The average Bonchev–Trinajstić information content (AvgIpc) is 2.20. The molecule has 0 bridgehead atoms. The molecule has 0 unspecified atom stereocenters. The van der Waals surface area contributed by atoms with Gasteiger partial charge in [-0.1, -0.05) is 43.3 Å². The minimum Gasteiger partial charge on any atom is -0.469 e. The molecule has 66 valence electrons. The summed E-state index contributed by atoms with van der Waals surface area (Å²) in [4.78, 5) is 9.96. The van der Waals surface area contributed by atoms with Gasteiger partial charge in [0.25, 0.3) is 0 Å². The van der Waals surface area contributed by atoms with Crippen molar-refractivity contribution in [2.75, 3.05) is 7.11 Å². The van der Waals surface area contributed by atoms with E-state index >= 15 is 0 Å². The number of esters is 1. The quantitative estimate of drug-likeness (QED) is 0.598. The summed E-state index contributed by atoms with van der Waals surface area (Å²) in [5.74, 6) is -0.157. The van der Waals surface area contributed by atoms with E-state index in [1.165, 1.54) is 7.11 Å².